The van der Waals surface area contributed by atoms with Crippen LogP contribution in [0, 0.1) is 0 Å². The SMILES string of the molecule is CCc1cnn2c(Nc3ccc(SNCCN(C)C)cc3)cc(-c3ccccc3)nc12. The van der Waals surface area contributed by atoms with Gasteiger partial charge < -0.3 is 10.2 Å². The van der Waals surface area contributed by atoms with E-state index in [1.165, 1.54) is 4.90 Å². The second-order valence-electron chi connectivity index (χ2n) is 7.60. The van der Waals surface area contributed by atoms with Crippen molar-refractivity contribution in [3.8, 4) is 11.3 Å². The summed E-state index contributed by atoms with van der Waals surface area (Å²) in [6, 6.07) is 20.7. The normalized spacial score (nSPS) is 11.4. The molecule has 0 radical (unpaired) electrons. The number of fused-ring (bicyclic) bond motifs is 1. The predicted octanol–water partition coefficient (Wildman–Crippen LogP) is 4.86. The topological polar surface area (TPSA) is 57.5 Å². The Hall–Kier alpha value is -2.87. The van der Waals surface area contributed by atoms with E-state index < -0.39 is 0 Å². The molecule has 4 aromatic rings. The van der Waals surface area contributed by atoms with Crippen LogP contribution in [0.4, 0.5) is 11.5 Å². The maximum Gasteiger partial charge on any atom is 0.161 e. The largest absolute Gasteiger partial charge is 0.340 e. The zero-order valence-corrected chi connectivity index (χ0v) is 19.0. The van der Waals surface area contributed by atoms with Gasteiger partial charge in [-0.05, 0) is 56.7 Å². The summed E-state index contributed by atoms with van der Waals surface area (Å²) >= 11 is 1.65. The van der Waals surface area contributed by atoms with Gasteiger partial charge in [-0.1, -0.05) is 37.3 Å². The Morgan fingerprint density at radius 2 is 1.81 bits per heavy atom. The average Bonchev–Trinajstić information content (AvgIpc) is 3.22. The molecule has 7 heteroatoms. The van der Waals surface area contributed by atoms with Crippen LogP contribution >= 0.6 is 11.9 Å². The Morgan fingerprint density at radius 3 is 2.52 bits per heavy atom. The molecule has 160 valence electrons. The number of likely N-dealkylation sites (N-methyl/N-ethyl adjacent to an activating group) is 1. The van der Waals surface area contributed by atoms with Gasteiger partial charge in [0.05, 0.1) is 11.9 Å². The van der Waals surface area contributed by atoms with E-state index in [1.54, 1.807) is 11.9 Å². The monoisotopic (exact) mass is 432 g/mol. The van der Waals surface area contributed by atoms with Crippen LogP contribution in [0.15, 0.2) is 71.8 Å². The molecule has 4 rings (SSSR count). The molecule has 2 N–H and O–H groups in total. The first-order chi connectivity index (χ1) is 15.1. The molecule has 0 atom stereocenters. The number of rotatable bonds is 9. The number of nitrogens with one attached hydrogen (secondary N) is 2. The van der Waals surface area contributed by atoms with Gasteiger partial charge in [0.25, 0.3) is 0 Å². The highest BCUT2D eigenvalue weighted by atomic mass is 32.2. The molecule has 0 bridgehead atoms. The fraction of sp³-hybridized carbons (Fsp3) is 0.250. The number of hydrogen-bond acceptors (Lipinski definition) is 6. The lowest BCUT2D eigenvalue weighted by molar-refractivity contribution is 0.415. The first-order valence-corrected chi connectivity index (χ1v) is 11.3. The third kappa shape index (κ3) is 5.25. The minimum absolute atomic E-state index is 0.890. The Labute approximate surface area is 187 Å². The molecule has 0 spiro atoms. The summed E-state index contributed by atoms with van der Waals surface area (Å²) < 4.78 is 5.28. The van der Waals surface area contributed by atoms with Crippen LogP contribution in [-0.2, 0) is 6.42 Å². The average molecular weight is 433 g/mol. The van der Waals surface area contributed by atoms with Gasteiger partial charge in [0, 0.05) is 40.9 Å². The van der Waals surface area contributed by atoms with E-state index in [1.807, 2.05) is 28.9 Å². The molecule has 2 aromatic heterocycles. The fourth-order valence-electron chi connectivity index (χ4n) is 3.26. The molecule has 0 aliphatic carbocycles. The summed E-state index contributed by atoms with van der Waals surface area (Å²) in [4.78, 5) is 8.24. The number of nitrogens with zero attached hydrogens (tertiary/aromatic N) is 4. The molecule has 0 saturated carbocycles. The summed E-state index contributed by atoms with van der Waals surface area (Å²) in [5.74, 6) is 0.896. The van der Waals surface area contributed by atoms with Crippen LogP contribution in [-0.4, -0.2) is 46.7 Å². The predicted molar refractivity (Wildman–Crippen MR) is 130 cm³/mol. The number of hydrogen-bond donors (Lipinski definition) is 2. The van der Waals surface area contributed by atoms with Gasteiger partial charge in [0.1, 0.15) is 5.82 Å². The maximum atomic E-state index is 4.89. The van der Waals surface area contributed by atoms with Gasteiger partial charge in [0.15, 0.2) is 5.65 Å². The highest BCUT2D eigenvalue weighted by molar-refractivity contribution is 7.97. The zero-order valence-electron chi connectivity index (χ0n) is 18.2. The Morgan fingerprint density at radius 1 is 1.03 bits per heavy atom. The van der Waals surface area contributed by atoms with Crippen molar-refractivity contribution in [2.45, 2.75) is 18.2 Å². The summed E-state index contributed by atoms with van der Waals surface area (Å²) in [7, 11) is 4.16. The van der Waals surface area contributed by atoms with Crippen LogP contribution in [0.2, 0.25) is 0 Å². The highest BCUT2D eigenvalue weighted by Gasteiger charge is 2.12. The van der Waals surface area contributed by atoms with Crippen LogP contribution in [0.3, 0.4) is 0 Å². The van der Waals surface area contributed by atoms with E-state index in [0.717, 1.165) is 53.5 Å². The van der Waals surface area contributed by atoms with Gasteiger partial charge in [0.2, 0.25) is 0 Å². The molecule has 0 aliphatic rings. The second kappa shape index (κ2) is 9.96. The smallest absolute Gasteiger partial charge is 0.161 e. The molecule has 0 amide bonds. The van der Waals surface area contributed by atoms with Crippen LogP contribution in [0.25, 0.3) is 16.9 Å². The number of benzene rings is 2. The van der Waals surface area contributed by atoms with E-state index in [9.17, 15) is 0 Å². The quantitative estimate of drug-likeness (QED) is 0.291. The van der Waals surface area contributed by atoms with Crippen LogP contribution in [0.1, 0.15) is 12.5 Å². The third-order valence-electron chi connectivity index (χ3n) is 4.97. The van der Waals surface area contributed by atoms with Gasteiger partial charge in [-0.3, -0.25) is 4.72 Å². The van der Waals surface area contributed by atoms with Crippen molar-refractivity contribution in [3.05, 3.63) is 72.4 Å². The molecule has 0 unspecified atom stereocenters. The Balaban J connectivity index is 1.57. The summed E-state index contributed by atoms with van der Waals surface area (Å²) in [6.45, 7) is 4.08. The minimum atomic E-state index is 0.890. The first kappa shape index (κ1) is 21.4. The molecular weight excluding hydrogens is 404 g/mol. The zero-order chi connectivity index (χ0) is 21.6. The second-order valence-corrected chi connectivity index (χ2v) is 8.56. The van der Waals surface area contributed by atoms with Crippen LogP contribution in [0.5, 0.6) is 0 Å². The van der Waals surface area contributed by atoms with Crippen molar-refractivity contribution in [2.75, 3.05) is 32.5 Å². The van der Waals surface area contributed by atoms with Crippen molar-refractivity contribution < 1.29 is 0 Å². The van der Waals surface area contributed by atoms with Crippen molar-refractivity contribution in [1.29, 1.82) is 0 Å². The van der Waals surface area contributed by atoms with E-state index in [0.29, 0.717) is 0 Å². The standard InChI is InChI=1S/C24H28N6S/c1-4-18-17-25-30-23(16-22(28-24(18)30)19-8-6-5-7-9-19)27-20-10-12-21(13-11-20)31-26-14-15-29(2)3/h5-13,16-17,26-27H,4,14-15H2,1-3H3. The van der Waals surface area contributed by atoms with E-state index in [-0.39, 0.29) is 0 Å². The van der Waals surface area contributed by atoms with Gasteiger partial charge in [-0.15, -0.1) is 0 Å². The fourth-order valence-corrected chi connectivity index (χ4v) is 3.89. The maximum absolute atomic E-state index is 4.89. The van der Waals surface area contributed by atoms with Crippen LogP contribution < -0.4 is 10.0 Å². The van der Waals surface area contributed by atoms with Gasteiger partial charge in [-0.25, -0.2) is 4.98 Å². The number of anilines is 2. The van der Waals surface area contributed by atoms with Gasteiger partial charge in [-0.2, -0.15) is 9.61 Å². The Kier molecular flexibility index (Phi) is 6.86. The summed E-state index contributed by atoms with van der Waals surface area (Å²) in [5, 5.41) is 8.10. The molecule has 31 heavy (non-hydrogen) atoms. The molecule has 2 aromatic carbocycles. The van der Waals surface area contributed by atoms with Gasteiger partial charge >= 0.3 is 0 Å². The molecule has 2 heterocycles. The summed E-state index contributed by atoms with van der Waals surface area (Å²) in [6.07, 6.45) is 2.79. The first-order valence-electron chi connectivity index (χ1n) is 10.5. The highest BCUT2D eigenvalue weighted by Crippen LogP contribution is 2.27. The number of aryl methyl sites for hydroxylation is 1. The third-order valence-corrected chi connectivity index (χ3v) is 5.83. The summed E-state index contributed by atoms with van der Waals surface area (Å²) in [5.41, 5.74) is 5.06. The molecule has 0 saturated heterocycles. The van der Waals surface area contributed by atoms with Crippen molar-refractivity contribution >= 4 is 29.1 Å². The van der Waals surface area contributed by atoms with E-state index in [2.05, 4.69) is 83.5 Å². The molecule has 0 aliphatic heterocycles. The van der Waals surface area contributed by atoms with E-state index in [4.69, 9.17) is 4.98 Å². The minimum Gasteiger partial charge on any atom is -0.340 e. The lowest BCUT2D eigenvalue weighted by Crippen LogP contribution is -2.22. The van der Waals surface area contributed by atoms with Crippen molar-refractivity contribution in [3.63, 3.8) is 0 Å². The lowest BCUT2D eigenvalue weighted by atomic mass is 10.1. The molecule has 0 fully saturated rings. The molecule has 6 nitrogen and oxygen atoms in total. The lowest BCUT2D eigenvalue weighted by Gasteiger charge is -2.12. The molecular formula is C24H28N6S. The number of aromatic nitrogens is 3. The van der Waals surface area contributed by atoms with Crippen molar-refractivity contribution in [1.82, 2.24) is 24.2 Å². The van der Waals surface area contributed by atoms with Crippen molar-refractivity contribution in [2.24, 2.45) is 0 Å². The Bertz CT molecular complexity index is 1120. The van der Waals surface area contributed by atoms with E-state index >= 15 is 0 Å².